The molecule has 4 unspecified atom stereocenters. The smallest absolute Gasteiger partial charge is 0.00926 e. The minimum Gasteiger partial charge on any atom is -0.317 e. The zero-order valence-corrected chi connectivity index (χ0v) is 12.4. The SMILES string of the molecule is CNC1CCCC1CCSC1CCCC(C)C1. The van der Waals surface area contributed by atoms with Crippen LogP contribution in [0, 0.1) is 11.8 Å². The molecule has 1 N–H and O–H groups in total. The summed E-state index contributed by atoms with van der Waals surface area (Å²) >= 11 is 2.27. The molecule has 17 heavy (non-hydrogen) atoms. The summed E-state index contributed by atoms with van der Waals surface area (Å²) < 4.78 is 0. The molecular formula is C15H29NS. The fraction of sp³-hybridized carbons (Fsp3) is 1.00. The lowest BCUT2D eigenvalue weighted by Crippen LogP contribution is -2.29. The highest BCUT2D eigenvalue weighted by atomic mass is 32.2. The molecule has 2 aliphatic carbocycles. The van der Waals surface area contributed by atoms with Crippen molar-refractivity contribution in [3.05, 3.63) is 0 Å². The quantitative estimate of drug-likeness (QED) is 0.794. The van der Waals surface area contributed by atoms with Crippen LogP contribution >= 0.6 is 11.8 Å². The van der Waals surface area contributed by atoms with Crippen molar-refractivity contribution in [3.8, 4) is 0 Å². The van der Waals surface area contributed by atoms with Crippen LogP contribution in [0.3, 0.4) is 0 Å². The fourth-order valence-corrected chi connectivity index (χ4v) is 5.25. The van der Waals surface area contributed by atoms with E-state index in [0.717, 1.165) is 23.1 Å². The van der Waals surface area contributed by atoms with Gasteiger partial charge < -0.3 is 5.32 Å². The van der Waals surface area contributed by atoms with Crippen LogP contribution in [0.4, 0.5) is 0 Å². The maximum absolute atomic E-state index is 3.50. The monoisotopic (exact) mass is 255 g/mol. The third-order valence-electron chi connectivity index (χ3n) is 4.76. The highest BCUT2D eigenvalue weighted by Gasteiger charge is 2.26. The van der Waals surface area contributed by atoms with Crippen LogP contribution in [0.5, 0.6) is 0 Å². The summed E-state index contributed by atoms with van der Waals surface area (Å²) in [5.41, 5.74) is 0. The van der Waals surface area contributed by atoms with Gasteiger partial charge in [0.1, 0.15) is 0 Å². The Labute approximate surface area is 112 Å². The van der Waals surface area contributed by atoms with Gasteiger partial charge in [0.2, 0.25) is 0 Å². The molecule has 2 aliphatic rings. The Hall–Kier alpha value is 0.310. The predicted molar refractivity (Wildman–Crippen MR) is 78.7 cm³/mol. The van der Waals surface area contributed by atoms with Gasteiger partial charge >= 0.3 is 0 Å². The van der Waals surface area contributed by atoms with Crippen molar-refractivity contribution in [1.29, 1.82) is 0 Å². The summed E-state index contributed by atoms with van der Waals surface area (Å²) in [5, 5.41) is 4.48. The Morgan fingerprint density at radius 2 is 1.94 bits per heavy atom. The van der Waals surface area contributed by atoms with Crippen molar-refractivity contribution in [2.75, 3.05) is 12.8 Å². The average molecular weight is 255 g/mol. The van der Waals surface area contributed by atoms with Gasteiger partial charge in [0.25, 0.3) is 0 Å². The van der Waals surface area contributed by atoms with Crippen molar-refractivity contribution >= 4 is 11.8 Å². The number of hydrogen-bond acceptors (Lipinski definition) is 2. The van der Waals surface area contributed by atoms with Crippen molar-refractivity contribution in [2.45, 2.75) is 69.6 Å². The van der Waals surface area contributed by atoms with Gasteiger partial charge in [-0.05, 0) is 56.7 Å². The van der Waals surface area contributed by atoms with Gasteiger partial charge in [0.05, 0.1) is 0 Å². The van der Waals surface area contributed by atoms with E-state index in [2.05, 4.69) is 31.1 Å². The summed E-state index contributed by atoms with van der Waals surface area (Å²) in [6.07, 6.45) is 11.7. The molecule has 0 radical (unpaired) electrons. The molecular weight excluding hydrogens is 226 g/mol. The highest BCUT2D eigenvalue weighted by Crippen LogP contribution is 2.34. The van der Waals surface area contributed by atoms with Crippen molar-refractivity contribution in [3.63, 3.8) is 0 Å². The fourth-order valence-electron chi connectivity index (χ4n) is 3.68. The average Bonchev–Trinajstić information content (AvgIpc) is 2.77. The standard InChI is InChI=1S/C15H29NS/c1-12-5-3-7-14(11-12)17-10-9-13-6-4-8-15(13)16-2/h12-16H,3-11H2,1-2H3. The largest absolute Gasteiger partial charge is 0.317 e. The maximum atomic E-state index is 3.50. The van der Waals surface area contributed by atoms with Crippen LogP contribution in [0.1, 0.15) is 58.3 Å². The second-order valence-corrected chi connectivity index (χ2v) is 7.55. The second-order valence-electron chi connectivity index (χ2n) is 6.14. The Morgan fingerprint density at radius 1 is 1.12 bits per heavy atom. The van der Waals surface area contributed by atoms with Crippen LogP contribution < -0.4 is 5.32 Å². The maximum Gasteiger partial charge on any atom is 0.00926 e. The minimum atomic E-state index is 0.820. The van der Waals surface area contributed by atoms with Crippen LogP contribution in [0.2, 0.25) is 0 Å². The number of hydrogen-bond donors (Lipinski definition) is 1. The van der Waals surface area contributed by atoms with E-state index >= 15 is 0 Å². The van der Waals surface area contributed by atoms with Crippen molar-refractivity contribution in [2.24, 2.45) is 11.8 Å². The molecule has 0 amide bonds. The summed E-state index contributed by atoms with van der Waals surface area (Å²) in [5.74, 6) is 3.35. The van der Waals surface area contributed by atoms with E-state index in [0.29, 0.717) is 0 Å². The van der Waals surface area contributed by atoms with E-state index in [1.54, 1.807) is 0 Å². The molecule has 0 aromatic carbocycles. The summed E-state index contributed by atoms with van der Waals surface area (Å²) in [4.78, 5) is 0. The van der Waals surface area contributed by atoms with E-state index in [9.17, 15) is 0 Å². The van der Waals surface area contributed by atoms with Gasteiger partial charge in [-0.25, -0.2) is 0 Å². The second kappa shape index (κ2) is 7.04. The lowest BCUT2D eigenvalue weighted by atomic mass is 9.91. The third-order valence-corrected chi connectivity index (χ3v) is 6.13. The molecule has 100 valence electrons. The van der Waals surface area contributed by atoms with Gasteiger partial charge in [-0.1, -0.05) is 26.2 Å². The molecule has 4 atom stereocenters. The van der Waals surface area contributed by atoms with E-state index in [1.165, 1.54) is 57.1 Å². The highest BCUT2D eigenvalue weighted by molar-refractivity contribution is 7.99. The minimum absolute atomic E-state index is 0.820. The number of thioether (sulfide) groups is 1. The van der Waals surface area contributed by atoms with Crippen LogP contribution in [-0.4, -0.2) is 24.1 Å². The number of rotatable bonds is 5. The molecule has 0 aromatic heterocycles. The van der Waals surface area contributed by atoms with Gasteiger partial charge in [-0.3, -0.25) is 0 Å². The normalized spacial score (nSPS) is 38.5. The Balaban J connectivity index is 1.62. The molecule has 0 saturated heterocycles. The van der Waals surface area contributed by atoms with Crippen LogP contribution in [0.25, 0.3) is 0 Å². The van der Waals surface area contributed by atoms with Gasteiger partial charge in [-0.15, -0.1) is 0 Å². The number of nitrogens with one attached hydrogen (secondary N) is 1. The predicted octanol–water partition coefficient (Wildman–Crippen LogP) is 4.08. The Kier molecular flexibility index (Phi) is 5.68. The Morgan fingerprint density at radius 3 is 2.71 bits per heavy atom. The Bertz CT molecular complexity index is 219. The van der Waals surface area contributed by atoms with Crippen molar-refractivity contribution in [1.82, 2.24) is 5.32 Å². The van der Waals surface area contributed by atoms with Crippen LogP contribution in [0.15, 0.2) is 0 Å². The lowest BCUT2D eigenvalue weighted by Gasteiger charge is -2.27. The first-order valence-electron chi connectivity index (χ1n) is 7.58. The molecule has 2 saturated carbocycles. The van der Waals surface area contributed by atoms with Gasteiger partial charge in [-0.2, -0.15) is 11.8 Å². The van der Waals surface area contributed by atoms with Crippen LogP contribution in [-0.2, 0) is 0 Å². The molecule has 0 aliphatic heterocycles. The van der Waals surface area contributed by atoms with Gasteiger partial charge in [0, 0.05) is 11.3 Å². The molecule has 1 nitrogen and oxygen atoms in total. The summed E-state index contributed by atoms with van der Waals surface area (Å²) in [6.45, 7) is 2.43. The molecule has 2 heteroatoms. The first kappa shape index (κ1) is 13.7. The molecule has 0 aromatic rings. The van der Waals surface area contributed by atoms with E-state index in [4.69, 9.17) is 0 Å². The van der Waals surface area contributed by atoms with E-state index in [1.807, 2.05) is 0 Å². The lowest BCUT2D eigenvalue weighted by molar-refractivity contribution is 0.392. The van der Waals surface area contributed by atoms with E-state index in [-0.39, 0.29) is 0 Å². The zero-order chi connectivity index (χ0) is 12.1. The van der Waals surface area contributed by atoms with Crippen molar-refractivity contribution < 1.29 is 0 Å². The molecule has 0 spiro atoms. The zero-order valence-electron chi connectivity index (χ0n) is 11.6. The van der Waals surface area contributed by atoms with Gasteiger partial charge in [0.15, 0.2) is 0 Å². The first-order chi connectivity index (χ1) is 8.29. The molecule has 2 fully saturated rings. The topological polar surface area (TPSA) is 12.0 Å². The summed E-state index contributed by atoms with van der Waals surface area (Å²) in [7, 11) is 2.14. The third kappa shape index (κ3) is 4.17. The van der Waals surface area contributed by atoms with E-state index < -0.39 is 0 Å². The molecule has 2 rings (SSSR count). The molecule has 0 heterocycles. The molecule has 0 bridgehead atoms. The first-order valence-corrected chi connectivity index (χ1v) is 8.63. The summed E-state index contributed by atoms with van der Waals surface area (Å²) in [6, 6.07) is 0.820.